The molecular formula is C23H22N2O6. The van der Waals surface area contributed by atoms with Gasteiger partial charge in [0.1, 0.15) is 13.2 Å². The summed E-state index contributed by atoms with van der Waals surface area (Å²) in [5.74, 6) is 0.998. The maximum absolute atomic E-state index is 12.4. The van der Waals surface area contributed by atoms with Crippen LogP contribution in [0.4, 0.5) is 0 Å². The van der Waals surface area contributed by atoms with Crippen LogP contribution in [0.3, 0.4) is 0 Å². The fourth-order valence-corrected chi connectivity index (χ4v) is 3.09. The van der Waals surface area contributed by atoms with Crippen molar-refractivity contribution in [2.45, 2.75) is 32.8 Å². The molecule has 0 saturated carbocycles. The second-order valence-electron chi connectivity index (χ2n) is 7.23. The van der Waals surface area contributed by atoms with E-state index in [0.717, 1.165) is 11.1 Å². The van der Waals surface area contributed by atoms with E-state index in [1.807, 2.05) is 31.2 Å². The second-order valence-corrected chi connectivity index (χ2v) is 7.23. The molecule has 0 amide bonds. The Labute approximate surface area is 179 Å². The lowest BCUT2D eigenvalue weighted by molar-refractivity contribution is -0.149. The summed E-state index contributed by atoms with van der Waals surface area (Å²) in [7, 11) is 0. The van der Waals surface area contributed by atoms with Crippen LogP contribution in [0.5, 0.6) is 11.5 Å². The van der Waals surface area contributed by atoms with Crippen molar-refractivity contribution in [3.8, 4) is 23.0 Å². The largest absolute Gasteiger partial charge is 0.486 e. The van der Waals surface area contributed by atoms with Crippen molar-refractivity contribution in [3.63, 3.8) is 0 Å². The Hall–Kier alpha value is -3.68. The zero-order valence-electron chi connectivity index (χ0n) is 17.3. The fraction of sp³-hybridized carbons (Fsp3) is 0.304. The standard InChI is InChI=1S/C23H22N2O6/c1-14-3-5-16(6-4-14)23-25-24-22(31-23)15(2)30-21(27)10-8-18(26)17-7-9-19-20(13-17)29-12-11-28-19/h3-7,9,13,15H,8,10-12H2,1-2H3. The van der Waals surface area contributed by atoms with Crippen LogP contribution in [-0.4, -0.2) is 35.2 Å². The number of hydrogen-bond donors (Lipinski definition) is 0. The van der Waals surface area contributed by atoms with Crippen LogP contribution in [0.25, 0.3) is 11.5 Å². The van der Waals surface area contributed by atoms with E-state index in [1.165, 1.54) is 0 Å². The van der Waals surface area contributed by atoms with Crippen LogP contribution >= 0.6 is 0 Å². The van der Waals surface area contributed by atoms with Gasteiger partial charge >= 0.3 is 5.97 Å². The number of ether oxygens (including phenoxy) is 3. The predicted octanol–water partition coefficient (Wildman–Crippen LogP) is 4.08. The summed E-state index contributed by atoms with van der Waals surface area (Å²) >= 11 is 0. The molecule has 1 unspecified atom stereocenters. The molecule has 0 aliphatic carbocycles. The summed E-state index contributed by atoms with van der Waals surface area (Å²) in [5, 5.41) is 7.97. The molecule has 0 spiro atoms. The highest BCUT2D eigenvalue weighted by Gasteiger charge is 2.20. The highest BCUT2D eigenvalue weighted by Crippen LogP contribution is 2.31. The quantitative estimate of drug-likeness (QED) is 0.415. The van der Waals surface area contributed by atoms with E-state index in [9.17, 15) is 9.59 Å². The van der Waals surface area contributed by atoms with E-state index in [-0.39, 0.29) is 24.5 Å². The molecule has 0 radical (unpaired) electrons. The molecule has 160 valence electrons. The Balaban J connectivity index is 1.30. The van der Waals surface area contributed by atoms with Crippen molar-refractivity contribution < 1.29 is 28.2 Å². The van der Waals surface area contributed by atoms with Crippen LogP contribution in [0.15, 0.2) is 46.9 Å². The Kier molecular flexibility index (Phi) is 5.97. The minimum atomic E-state index is -0.719. The Morgan fingerprint density at radius 1 is 1.00 bits per heavy atom. The van der Waals surface area contributed by atoms with Gasteiger partial charge in [0, 0.05) is 17.5 Å². The number of carbonyl (C=O) groups excluding carboxylic acids is 2. The third-order valence-electron chi connectivity index (χ3n) is 4.82. The smallest absolute Gasteiger partial charge is 0.307 e. The summed E-state index contributed by atoms with van der Waals surface area (Å²) in [5.41, 5.74) is 2.37. The average molecular weight is 422 g/mol. The first-order valence-corrected chi connectivity index (χ1v) is 10.0. The average Bonchev–Trinajstić information content (AvgIpc) is 3.28. The molecule has 0 fully saturated rings. The molecule has 8 nitrogen and oxygen atoms in total. The van der Waals surface area contributed by atoms with Gasteiger partial charge in [-0.1, -0.05) is 17.7 Å². The van der Waals surface area contributed by atoms with Gasteiger partial charge in [-0.05, 0) is 44.2 Å². The second kappa shape index (κ2) is 8.99. The summed E-state index contributed by atoms with van der Waals surface area (Å²) in [6, 6.07) is 12.6. The lowest BCUT2D eigenvalue weighted by atomic mass is 10.1. The van der Waals surface area contributed by atoms with Gasteiger partial charge < -0.3 is 18.6 Å². The van der Waals surface area contributed by atoms with Crippen LogP contribution in [0.1, 0.15) is 47.7 Å². The SMILES string of the molecule is Cc1ccc(-c2nnc(C(C)OC(=O)CCC(=O)c3ccc4c(c3)OCCO4)o2)cc1. The summed E-state index contributed by atoms with van der Waals surface area (Å²) < 4.78 is 21.9. The molecule has 8 heteroatoms. The van der Waals surface area contributed by atoms with E-state index in [4.69, 9.17) is 18.6 Å². The van der Waals surface area contributed by atoms with Gasteiger partial charge in [-0.15, -0.1) is 10.2 Å². The number of fused-ring (bicyclic) bond motifs is 1. The molecule has 1 atom stereocenters. The molecular weight excluding hydrogens is 400 g/mol. The molecule has 0 bridgehead atoms. The molecule has 2 heterocycles. The van der Waals surface area contributed by atoms with Gasteiger partial charge in [0.05, 0.1) is 6.42 Å². The van der Waals surface area contributed by atoms with Gasteiger partial charge in [0.15, 0.2) is 23.4 Å². The van der Waals surface area contributed by atoms with Crippen molar-refractivity contribution >= 4 is 11.8 Å². The van der Waals surface area contributed by atoms with E-state index < -0.39 is 12.1 Å². The highest BCUT2D eigenvalue weighted by atomic mass is 16.6. The van der Waals surface area contributed by atoms with Gasteiger partial charge in [-0.2, -0.15) is 0 Å². The monoisotopic (exact) mass is 422 g/mol. The Morgan fingerprint density at radius 3 is 2.52 bits per heavy atom. The molecule has 1 aliphatic rings. The predicted molar refractivity (Wildman–Crippen MR) is 110 cm³/mol. The number of carbonyl (C=O) groups is 2. The van der Waals surface area contributed by atoms with E-state index in [0.29, 0.717) is 36.2 Å². The van der Waals surface area contributed by atoms with Crippen LogP contribution in [0, 0.1) is 6.92 Å². The molecule has 0 N–H and O–H groups in total. The third kappa shape index (κ3) is 4.91. The number of esters is 1. The number of Topliss-reactive ketones (excluding diaryl/α,β-unsaturated/α-hetero) is 1. The zero-order valence-corrected chi connectivity index (χ0v) is 17.3. The van der Waals surface area contributed by atoms with Crippen molar-refractivity contribution in [2.24, 2.45) is 0 Å². The molecule has 3 aromatic rings. The molecule has 1 aromatic heterocycles. The van der Waals surface area contributed by atoms with Gasteiger partial charge in [0.2, 0.25) is 5.89 Å². The van der Waals surface area contributed by atoms with Gasteiger partial charge in [-0.25, -0.2) is 0 Å². The summed E-state index contributed by atoms with van der Waals surface area (Å²) in [4.78, 5) is 24.6. The third-order valence-corrected chi connectivity index (χ3v) is 4.82. The molecule has 0 saturated heterocycles. The minimum Gasteiger partial charge on any atom is -0.486 e. The first kappa shape index (κ1) is 20.6. The summed E-state index contributed by atoms with van der Waals surface area (Å²) in [6.07, 6.45) is -0.760. The van der Waals surface area contributed by atoms with E-state index >= 15 is 0 Å². The normalized spacial score (nSPS) is 13.5. The topological polar surface area (TPSA) is 101 Å². The lowest BCUT2D eigenvalue weighted by Crippen LogP contribution is -2.16. The number of rotatable bonds is 7. The number of hydrogen-bond acceptors (Lipinski definition) is 8. The number of nitrogens with zero attached hydrogens (tertiary/aromatic N) is 2. The molecule has 31 heavy (non-hydrogen) atoms. The van der Waals surface area contributed by atoms with Gasteiger partial charge in [0.25, 0.3) is 5.89 Å². The number of benzene rings is 2. The zero-order chi connectivity index (χ0) is 21.8. The first-order chi connectivity index (χ1) is 15.0. The van der Waals surface area contributed by atoms with Crippen molar-refractivity contribution in [1.82, 2.24) is 10.2 Å². The van der Waals surface area contributed by atoms with Gasteiger partial charge in [-0.3, -0.25) is 9.59 Å². The molecule has 4 rings (SSSR count). The van der Waals surface area contributed by atoms with Crippen LogP contribution < -0.4 is 9.47 Å². The minimum absolute atomic E-state index is 0.0175. The van der Waals surface area contributed by atoms with Crippen molar-refractivity contribution in [2.75, 3.05) is 13.2 Å². The maximum Gasteiger partial charge on any atom is 0.307 e. The number of aromatic nitrogens is 2. The number of aryl methyl sites for hydroxylation is 1. The first-order valence-electron chi connectivity index (χ1n) is 10.0. The summed E-state index contributed by atoms with van der Waals surface area (Å²) in [6.45, 7) is 4.56. The maximum atomic E-state index is 12.4. The van der Waals surface area contributed by atoms with Crippen LogP contribution in [-0.2, 0) is 9.53 Å². The Bertz CT molecular complexity index is 1090. The van der Waals surface area contributed by atoms with E-state index in [1.54, 1.807) is 25.1 Å². The van der Waals surface area contributed by atoms with Crippen molar-refractivity contribution in [3.05, 3.63) is 59.5 Å². The highest BCUT2D eigenvalue weighted by molar-refractivity contribution is 5.98. The fourth-order valence-electron chi connectivity index (χ4n) is 3.09. The van der Waals surface area contributed by atoms with Crippen LogP contribution in [0.2, 0.25) is 0 Å². The Morgan fingerprint density at radius 2 is 1.74 bits per heavy atom. The number of ketones is 1. The molecule has 2 aromatic carbocycles. The van der Waals surface area contributed by atoms with Crippen molar-refractivity contribution in [1.29, 1.82) is 0 Å². The molecule has 1 aliphatic heterocycles. The lowest BCUT2D eigenvalue weighted by Gasteiger charge is -2.18. The van der Waals surface area contributed by atoms with E-state index in [2.05, 4.69) is 10.2 Å².